The second kappa shape index (κ2) is 5.02. The summed E-state index contributed by atoms with van der Waals surface area (Å²) in [7, 11) is 0. The van der Waals surface area contributed by atoms with Gasteiger partial charge in [0.15, 0.2) is 0 Å². The highest BCUT2D eigenvalue weighted by Crippen LogP contribution is 2.47. The van der Waals surface area contributed by atoms with E-state index in [0.29, 0.717) is 11.8 Å². The van der Waals surface area contributed by atoms with Crippen LogP contribution in [0.2, 0.25) is 0 Å². The number of carbonyl (C=O) groups excluding carboxylic acids is 1. The number of amides is 1. The number of carbonyl (C=O) groups is 1. The summed E-state index contributed by atoms with van der Waals surface area (Å²) in [5.74, 6) is 1.41. The number of nitrogens with one attached hydrogen (secondary N) is 1. The van der Waals surface area contributed by atoms with E-state index >= 15 is 0 Å². The maximum Gasteiger partial charge on any atom is 0.224 e. The van der Waals surface area contributed by atoms with Gasteiger partial charge < -0.3 is 11.1 Å². The number of nitrogens with two attached hydrogens (primary N) is 1. The number of hydrogen-bond acceptors (Lipinski definition) is 3. The van der Waals surface area contributed by atoms with Gasteiger partial charge in [-0.2, -0.15) is 11.3 Å². The van der Waals surface area contributed by atoms with E-state index < -0.39 is 0 Å². The standard InChI is InChI=1S/C14H20N2OS/c15-13-11-2-1-10(7-11)12(13)14(17)16-5-3-9-4-6-18-8-9/h4,6,8,10-13H,1-3,5,7,15H2,(H,16,17). The molecule has 0 aromatic carbocycles. The van der Waals surface area contributed by atoms with Crippen LogP contribution in [0.15, 0.2) is 16.8 Å². The van der Waals surface area contributed by atoms with Gasteiger partial charge in [-0.25, -0.2) is 0 Å². The van der Waals surface area contributed by atoms with Crippen LogP contribution in [0.4, 0.5) is 0 Å². The number of hydrogen-bond donors (Lipinski definition) is 2. The van der Waals surface area contributed by atoms with Gasteiger partial charge in [-0.3, -0.25) is 4.79 Å². The van der Waals surface area contributed by atoms with E-state index in [1.807, 2.05) is 0 Å². The van der Waals surface area contributed by atoms with Gasteiger partial charge in [0.25, 0.3) is 0 Å². The van der Waals surface area contributed by atoms with Gasteiger partial charge in [-0.15, -0.1) is 0 Å². The molecule has 4 unspecified atom stereocenters. The van der Waals surface area contributed by atoms with E-state index in [-0.39, 0.29) is 17.9 Å². The zero-order valence-electron chi connectivity index (χ0n) is 10.5. The first-order valence-electron chi connectivity index (χ1n) is 6.80. The van der Waals surface area contributed by atoms with Crippen LogP contribution >= 0.6 is 11.3 Å². The van der Waals surface area contributed by atoms with E-state index in [1.165, 1.54) is 24.8 Å². The molecule has 1 aromatic rings. The molecule has 2 aliphatic rings. The molecule has 3 nitrogen and oxygen atoms in total. The van der Waals surface area contributed by atoms with E-state index in [2.05, 4.69) is 22.1 Å². The molecule has 0 spiro atoms. The molecular weight excluding hydrogens is 244 g/mol. The van der Waals surface area contributed by atoms with Crippen LogP contribution in [0.5, 0.6) is 0 Å². The van der Waals surface area contributed by atoms with E-state index in [9.17, 15) is 4.79 Å². The van der Waals surface area contributed by atoms with Crippen molar-refractivity contribution < 1.29 is 4.79 Å². The zero-order valence-corrected chi connectivity index (χ0v) is 11.3. The minimum Gasteiger partial charge on any atom is -0.355 e. The maximum absolute atomic E-state index is 12.2. The summed E-state index contributed by atoms with van der Waals surface area (Å²) in [6.45, 7) is 0.732. The third-order valence-corrected chi connectivity index (χ3v) is 5.31. The molecule has 18 heavy (non-hydrogen) atoms. The van der Waals surface area contributed by atoms with Crippen LogP contribution in [0.3, 0.4) is 0 Å². The number of thiophene rings is 1. The van der Waals surface area contributed by atoms with Crippen LogP contribution in [0.25, 0.3) is 0 Å². The lowest BCUT2D eigenvalue weighted by Gasteiger charge is -2.26. The summed E-state index contributed by atoms with van der Waals surface area (Å²) in [6.07, 6.45) is 4.51. The third-order valence-electron chi connectivity index (χ3n) is 4.58. The number of fused-ring (bicyclic) bond motifs is 2. The van der Waals surface area contributed by atoms with Crippen molar-refractivity contribution in [1.29, 1.82) is 0 Å². The first-order valence-corrected chi connectivity index (χ1v) is 7.74. The predicted molar refractivity (Wildman–Crippen MR) is 73.3 cm³/mol. The van der Waals surface area contributed by atoms with Crippen molar-refractivity contribution in [2.75, 3.05) is 6.54 Å². The Morgan fingerprint density at radius 2 is 2.28 bits per heavy atom. The Kier molecular flexibility index (Phi) is 3.39. The molecule has 1 amide bonds. The molecule has 4 atom stereocenters. The molecule has 0 radical (unpaired) electrons. The van der Waals surface area contributed by atoms with E-state index in [1.54, 1.807) is 11.3 Å². The van der Waals surface area contributed by atoms with Gasteiger partial charge in [-0.05, 0) is 59.9 Å². The van der Waals surface area contributed by atoms with Crippen molar-refractivity contribution in [3.05, 3.63) is 22.4 Å². The number of rotatable bonds is 4. The monoisotopic (exact) mass is 264 g/mol. The summed E-state index contributed by atoms with van der Waals surface area (Å²) >= 11 is 1.70. The van der Waals surface area contributed by atoms with Crippen LogP contribution in [0.1, 0.15) is 24.8 Å². The summed E-state index contributed by atoms with van der Waals surface area (Å²) in [5.41, 5.74) is 7.48. The first kappa shape index (κ1) is 12.2. The van der Waals surface area contributed by atoms with Gasteiger partial charge in [0, 0.05) is 12.6 Å². The highest BCUT2D eigenvalue weighted by molar-refractivity contribution is 7.07. The largest absolute Gasteiger partial charge is 0.355 e. The Labute approximate surface area is 112 Å². The molecule has 0 aliphatic heterocycles. The average molecular weight is 264 g/mol. The SMILES string of the molecule is NC1C2CCC(C2)C1C(=O)NCCc1ccsc1. The van der Waals surface area contributed by atoms with Gasteiger partial charge in [-0.1, -0.05) is 0 Å². The smallest absolute Gasteiger partial charge is 0.224 e. The van der Waals surface area contributed by atoms with Crippen LogP contribution in [-0.4, -0.2) is 18.5 Å². The van der Waals surface area contributed by atoms with Gasteiger partial charge in [0.1, 0.15) is 0 Å². The summed E-state index contributed by atoms with van der Waals surface area (Å²) in [6, 6.07) is 2.21. The quantitative estimate of drug-likeness (QED) is 0.871. The van der Waals surface area contributed by atoms with Crippen molar-refractivity contribution in [1.82, 2.24) is 5.32 Å². The molecule has 3 N–H and O–H groups in total. The normalized spacial score (nSPS) is 33.8. The molecule has 3 rings (SSSR count). The van der Waals surface area contributed by atoms with Gasteiger partial charge in [0.2, 0.25) is 5.91 Å². The van der Waals surface area contributed by atoms with Crippen molar-refractivity contribution in [2.24, 2.45) is 23.5 Å². The van der Waals surface area contributed by atoms with E-state index in [0.717, 1.165) is 13.0 Å². The summed E-state index contributed by atoms with van der Waals surface area (Å²) < 4.78 is 0. The molecule has 0 saturated heterocycles. The highest BCUT2D eigenvalue weighted by atomic mass is 32.1. The lowest BCUT2D eigenvalue weighted by molar-refractivity contribution is -0.127. The molecular formula is C14H20N2OS. The topological polar surface area (TPSA) is 55.1 Å². The molecule has 2 saturated carbocycles. The molecule has 98 valence electrons. The van der Waals surface area contributed by atoms with Crippen LogP contribution < -0.4 is 11.1 Å². The van der Waals surface area contributed by atoms with Crippen molar-refractivity contribution >= 4 is 17.2 Å². The minimum atomic E-state index is 0.0752. The fourth-order valence-corrected chi connectivity index (χ4v) is 4.31. The molecule has 4 heteroatoms. The van der Waals surface area contributed by atoms with Crippen LogP contribution in [-0.2, 0) is 11.2 Å². The second-order valence-electron chi connectivity index (χ2n) is 5.61. The fourth-order valence-electron chi connectivity index (χ4n) is 3.61. The van der Waals surface area contributed by atoms with Crippen LogP contribution in [0, 0.1) is 17.8 Å². The Balaban J connectivity index is 1.50. The minimum absolute atomic E-state index is 0.0752. The van der Waals surface area contributed by atoms with Crippen molar-refractivity contribution in [3.8, 4) is 0 Å². The Hall–Kier alpha value is -0.870. The Bertz CT molecular complexity index is 415. The second-order valence-corrected chi connectivity index (χ2v) is 6.39. The molecule has 2 bridgehead atoms. The zero-order chi connectivity index (χ0) is 12.5. The average Bonchev–Trinajstić information content (AvgIpc) is 3.03. The van der Waals surface area contributed by atoms with Crippen molar-refractivity contribution in [3.63, 3.8) is 0 Å². The fraction of sp³-hybridized carbons (Fsp3) is 0.643. The highest BCUT2D eigenvalue weighted by Gasteiger charge is 2.48. The lowest BCUT2D eigenvalue weighted by atomic mass is 9.84. The summed E-state index contributed by atoms with van der Waals surface area (Å²) in [4.78, 5) is 12.2. The summed E-state index contributed by atoms with van der Waals surface area (Å²) in [5, 5.41) is 7.27. The van der Waals surface area contributed by atoms with Gasteiger partial charge in [0.05, 0.1) is 5.92 Å². The van der Waals surface area contributed by atoms with Gasteiger partial charge >= 0.3 is 0 Å². The first-order chi connectivity index (χ1) is 8.75. The Morgan fingerprint density at radius 1 is 1.44 bits per heavy atom. The predicted octanol–water partition coefficient (Wildman–Crippen LogP) is 1.78. The molecule has 1 aromatic heterocycles. The molecule has 1 heterocycles. The maximum atomic E-state index is 12.2. The van der Waals surface area contributed by atoms with E-state index in [4.69, 9.17) is 5.73 Å². The molecule has 2 fully saturated rings. The lowest BCUT2D eigenvalue weighted by Crippen LogP contribution is -2.45. The Morgan fingerprint density at radius 3 is 2.94 bits per heavy atom. The third kappa shape index (κ3) is 2.19. The van der Waals surface area contributed by atoms with Crippen molar-refractivity contribution in [2.45, 2.75) is 31.7 Å². The molecule has 2 aliphatic carbocycles.